The Balaban J connectivity index is 1.47. The predicted octanol–water partition coefficient (Wildman–Crippen LogP) is 2.84. The molecule has 1 aromatic heterocycles. The molecule has 7 heteroatoms. The van der Waals surface area contributed by atoms with Crippen LogP contribution < -0.4 is 10.6 Å². The number of nitrogens with one attached hydrogen (secondary N) is 2. The number of carbonyl (C=O) groups is 2. The summed E-state index contributed by atoms with van der Waals surface area (Å²) in [6.45, 7) is 0. The average Bonchev–Trinajstić information content (AvgIpc) is 3.14. The molecule has 1 fully saturated rings. The first kappa shape index (κ1) is 15.3. The summed E-state index contributed by atoms with van der Waals surface area (Å²) in [5.41, 5.74) is 1.15. The van der Waals surface area contributed by atoms with Gasteiger partial charge in [-0.05, 0) is 49.9 Å². The number of nitrogens with zero attached hydrogens (tertiary/aromatic N) is 1. The van der Waals surface area contributed by atoms with E-state index in [4.69, 9.17) is 0 Å². The number of hydrogen-bond acceptors (Lipinski definition) is 4. The third kappa shape index (κ3) is 3.03. The first-order chi connectivity index (χ1) is 11.6. The molecule has 1 unspecified atom stereocenters. The molecule has 4 rings (SSSR count). The van der Waals surface area contributed by atoms with Crippen LogP contribution in [0.2, 0.25) is 0 Å². The maximum absolute atomic E-state index is 12.9. The maximum Gasteiger partial charge on any atom is 0.257 e. The number of hydrogen-bond donors (Lipinski definition) is 2. The van der Waals surface area contributed by atoms with Crippen LogP contribution in [0.15, 0.2) is 24.3 Å². The van der Waals surface area contributed by atoms with Gasteiger partial charge in [0.1, 0.15) is 5.82 Å². The van der Waals surface area contributed by atoms with Gasteiger partial charge in [-0.2, -0.15) is 0 Å². The number of rotatable bonds is 4. The largest absolute Gasteiger partial charge is 0.353 e. The molecule has 1 aromatic carbocycles. The van der Waals surface area contributed by atoms with E-state index in [2.05, 4.69) is 15.6 Å². The van der Waals surface area contributed by atoms with E-state index < -0.39 is 0 Å². The van der Waals surface area contributed by atoms with Gasteiger partial charge in [0.15, 0.2) is 5.13 Å². The van der Waals surface area contributed by atoms with Crippen LogP contribution in [0.25, 0.3) is 0 Å². The normalized spacial score (nSPS) is 19.0. The highest BCUT2D eigenvalue weighted by molar-refractivity contribution is 7.16. The molecule has 124 valence electrons. The summed E-state index contributed by atoms with van der Waals surface area (Å²) in [5.74, 6) is -0.892. The van der Waals surface area contributed by atoms with E-state index >= 15 is 0 Å². The van der Waals surface area contributed by atoms with Crippen molar-refractivity contribution < 1.29 is 14.0 Å². The van der Waals surface area contributed by atoms with Gasteiger partial charge in [-0.3, -0.25) is 14.9 Å². The van der Waals surface area contributed by atoms with Crippen LogP contribution in [-0.4, -0.2) is 22.8 Å². The molecule has 2 N–H and O–H groups in total. The molecule has 2 aliphatic carbocycles. The zero-order valence-corrected chi connectivity index (χ0v) is 13.7. The van der Waals surface area contributed by atoms with Crippen molar-refractivity contribution >= 4 is 28.3 Å². The molecule has 2 amide bonds. The second-order valence-electron chi connectivity index (χ2n) is 6.16. The number of benzene rings is 1. The number of thiazole rings is 1. The van der Waals surface area contributed by atoms with Crippen molar-refractivity contribution in [2.45, 2.75) is 37.6 Å². The Morgan fingerprint density at radius 2 is 1.92 bits per heavy atom. The molecule has 1 atom stereocenters. The van der Waals surface area contributed by atoms with Crippen molar-refractivity contribution in [3.8, 4) is 0 Å². The van der Waals surface area contributed by atoms with Gasteiger partial charge in [0.05, 0.1) is 11.6 Å². The van der Waals surface area contributed by atoms with Crippen LogP contribution >= 0.6 is 11.3 Å². The van der Waals surface area contributed by atoms with E-state index in [9.17, 15) is 14.0 Å². The van der Waals surface area contributed by atoms with Crippen molar-refractivity contribution in [2.75, 3.05) is 5.32 Å². The lowest BCUT2D eigenvalue weighted by Gasteiger charge is -2.09. The average molecular weight is 345 g/mol. The first-order valence-electron chi connectivity index (χ1n) is 7.97. The quantitative estimate of drug-likeness (QED) is 0.895. The molecular weight excluding hydrogens is 329 g/mol. The van der Waals surface area contributed by atoms with Gasteiger partial charge < -0.3 is 5.32 Å². The second-order valence-corrected chi connectivity index (χ2v) is 7.25. The number of amides is 2. The van der Waals surface area contributed by atoms with Gasteiger partial charge in [-0.1, -0.05) is 0 Å². The third-order valence-corrected chi connectivity index (χ3v) is 5.33. The molecule has 1 saturated carbocycles. The van der Waals surface area contributed by atoms with Crippen molar-refractivity contribution in [3.05, 3.63) is 46.2 Å². The van der Waals surface area contributed by atoms with Crippen LogP contribution in [0.3, 0.4) is 0 Å². The van der Waals surface area contributed by atoms with Gasteiger partial charge in [0.25, 0.3) is 5.91 Å². The SMILES string of the molecule is O=C(Nc1nc2c(s1)CCC2C(=O)NC1CC1)c1ccc(F)cc1. The molecule has 0 saturated heterocycles. The molecule has 0 radical (unpaired) electrons. The molecule has 1 heterocycles. The zero-order chi connectivity index (χ0) is 16.7. The minimum atomic E-state index is -0.385. The number of aromatic nitrogens is 1. The molecular formula is C17H16FN3O2S. The smallest absolute Gasteiger partial charge is 0.257 e. The topological polar surface area (TPSA) is 71.1 Å². The van der Waals surface area contributed by atoms with Gasteiger partial charge in [0, 0.05) is 16.5 Å². The van der Waals surface area contributed by atoms with Gasteiger partial charge in [-0.25, -0.2) is 9.37 Å². The number of halogens is 1. The second kappa shape index (κ2) is 5.98. The van der Waals surface area contributed by atoms with E-state index in [-0.39, 0.29) is 23.5 Å². The number of anilines is 1. The van der Waals surface area contributed by atoms with Crippen LogP contribution in [0.5, 0.6) is 0 Å². The van der Waals surface area contributed by atoms with E-state index in [1.807, 2.05) is 0 Å². The summed E-state index contributed by atoms with van der Waals surface area (Å²) in [4.78, 5) is 30.0. The highest BCUT2D eigenvalue weighted by atomic mass is 32.1. The molecule has 0 bridgehead atoms. The van der Waals surface area contributed by atoms with E-state index in [0.717, 1.165) is 36.3 Å². The number of carbonyl (C=O) groups excluding carboxylic acids is 2. The molecule has 24 heavy (non-hydrogen) atoms. The summed E-state index contributed by atoms with van der Waals surface area (Å²) < 4.78 is 12.9. The van der Waals surface area contributed by atoms with Crippen molar-refractivity contribution in [1.82, 2.24) is 10.3 Å². The van der Waals surface area contributed by atoms with Crippen molar-refractivity contribution in [3.63, 3.8) is 0 Å². The van der Waals surface area contributed by atoms with Gasteiger partial charge in [-0.15, -0.1) is 11.3 Å². The zero-order valence-electron chi connectivity index (χ0n) is 12.8. The lowest BCUT2D eigenvalue weighted by atomic mass is 10.1. The fourth-order valence-corrected chi connectivity index (χ4v) is 3.87. The number of aryl methyl sites for hydroxylation is 1. The molecule has 2 aliphatic rings. The van der Waals surface area contributed by atoms with E-state index in [1.54, 1.807) is 0 Å². The summed E-state index contributed by atoms with van der Waals surface area (Å²) in [6, 6.07) is 5.68. The standard InChI is InChI=1S/C17H16FN3O2S/c18-10-3-1-9(2-4-10)15(22)21-17-20-14-12(7-8-13(14)24-17)16(23)19-11-5-6-11/h1-4,11-12H,5-8H2,(H,19,23)(H,20,21,22). The summed E-state index contributed by atoms with van der Waals surface area (Å²) in [7, 11) is 0. The van der Waals surface area contributed by atoms with Crippen LogP contribution in [0, 0.1) is 5.82 Å². The van der Waals surface area contributed by atoms with Crippen molar-refractivity contribution in [2.24, 2.45) is 0 Å². The lowest BCUT2D eigenvalue weighted by molar-refractivity contribution is -0.122. The Bertz CT molecular complexity index is 799. The Morgan fingerprint density at radius 1 is 1.17 bits per heavy atom. The molecule has 2 aromatic rings. The van der Waals surface area contributed by atoms with Gasteiger partial charge in [0.2, 0.25) is 5.91 Å². The highest BCUT2D eigenvalue weighted by Crippen LogP contribution is 2.39. The highest BCUT2D eigenvalue weighted by Gasteiger charge is 2.35. The van der Waals surface area contributed by atoms with Crippen LogP contribution in [0.4, 0.5) is 9.52 Å². The Kier molecular flexibility index (Phi) is 3.80. The van der Waals surface area contributed by atoms with Gasteiger partial charge >= 0.3 is 0 Å². The lowest BCUT2D eigenvalue weighted by Crippen LogP contribution is -2.30. The summed E-state index contributed by atoms with van der Waals surface area (Å²) in [5, 5.41) is 6.24. The minimum Gasteiger partial charge on any atom is -0.353 e. The fourth-order valence-electron chi connectivity index (χ4n) is 2.84. The fraction of sp³-hybridized carbons (Fsp3) is 0.353. The molecule has 0 spiro atoms. The monoisotopic (exact) mass is 345 g/mol. The summed E-state index contributed by atoms with van der Waals surface area (Å²) >= 11 is 1.41. The Morgan fingerprint density at radius 3 is 2.62 bits per heavy atom. The molecule has 0 aliphatic heterocycles. The summed E-state index contributed by atoms with van der Waals surface area (Å²) in [6.07, 6.45) is 3.70. The third-order valence-electron chi connectivity index (χ3n) is 4.28. The van der Waals surface area contributed by atoms with Crippen molar-refractivity contribution in [1.29, 1.82) is 0 Å². The van der Waals surface area contributed by atoms with Crippen LogP contribution in [-0.2, 0) is 11.2 Å². The van der Waals surface area contributed by atoms with E-state index in [0.29, 0.717) is 16.7 Å². The molecule has 5 nitrogen and oxygen atoms in total. The van der Waals surface area contributed by atoms with Crippen LogP contribution in [0.1, 0.15) is 46.1 Å². The number of fused-ring (bicyclic) bond motifs is 1. The predicted molar refractivity (Wildman–Crippen MR) is 88.7 cm³/mol. The Hall–Kier alpha value is -2.28. The minimum absolute atomic E-state index is 0.0398. The first-order valence-corrected chi connectivity index (χ1v) is 8.78. The maximum atomic E-state index is 12.9. The Labute approximate surface area is 142 Å². The van der Waals surface area contributed by atoms with E-state index in [1.165, 1.54) is 35.6 Å².